The molecule has 20 heavy (non-hydrogen) atoms. The summed E-state index contributed by atoms with van der Waals surface area (Å²) in [5.41, 5.74) is 0.590. The molecule has 1 rings (SSSR count). The van der Waals surface area contributed by atoms with Crippen molar-refractivity contribution in [1.29, 1.82) is 0 Å². The van der Waals surface area contributed by atoms with E-state index in [1.807, 2.05) is 20.8 Å². The van der Waals surface area contributed by atoms with E-state index in [2.05, 4.69) is 21.2 Å². The van der Waals surface area contributed by atoms with Crippen LogP contribution in [0.25, 0.3) is 0 Å². The van der Waals surface area contributed by atoms with Crippen LogP contribution in [0.4, 0.5) is 10.5 Å². The van der Waals surface area contributed by atoms with Crippen LogP contribution in [0.15, 0.2) is 22.7 Å². The Hall–Kier alpha value is -1.56. The lowest BCUT2D eigenvalue weighted by Gasteiger charge is -2.27. The molecule has 0 aliphatic heterocycles. The molecule has 6 heteroatoms. The summed E-state index contributed by atoms with van der Waals surface area (Å²) >= 11 is 3.17. The Balaban J connectivity index is 2.90. The second-order valence-corrected chi connectivity index (χ2v) is 5.33. The molecule has 1 aromatic carbocycles. The summed E-state index contributed by atoms with van der Waals surface area (Å²) in [4.78, 5) is 24.9. The minimum absolute atomic E-state index is 0.120. The first-order chi connectivity index (χ1) is 9.40. The van der Waals surface area contributed by atoms with Gasteiger partial charge in [-0.15, -0.1) is 0 Å². The highest BCUT2D eigenvalue weighted by Gasteiger charge is 2.18. The number of hydrogen-bond acceptors (Lipinski definition) is 2. The molecule has 0 saturated carbocycles. The molecular weight excluding hydrogens is 324 g/mol. The van der Waals surface area contributed by atoms with E-state index >= 15 is 0 Å². The number of halogens is 1. The fourth-order valence-corrected chi connectivity index (χ4v) is 2.25. The summed E-state index contributed by atoms with van der Waals surface area (Å²) < 4.78 is 0.484. The molecule has 0 heterocycles. The van der Waals surface area contributed by atoms with Crippen LogP contribution in [-0.2, 0) is 0 Å². The maximum atomic E-state index is 12.2. The molecule has 0 aliphatic rings. The maximum absolute atomic E-state index is 12.2. The number of nitrogens with one attached hydrogen (secondary N) is 1. The summed E-state index contributed by atoms with van der Waals surface area (Å²) in [5.74, 6) is -1.04. The van der Waals surface area contributed by atoms with Gasteiger partial charge in [0.1, 0.15) is 0 Å². The van der Waals surface area contributed by atoms with Crippen LogP contribution in [0.2, 0.25) is 0 Å². The zero-order chi connectivity index (χ0) is 15.3. The first-order valence-electron chi connectivity index (χ1n) is 6.51. The van der Waals surface area contributed by atoms with Crippen LogP contribution in [-0.4, -0.2) is 34.6 Å². The number of nitrogens with zero attached hydrogens (tertiary/aromatic N) is 1. The normalized spacial score (nSPS) is 11.8. The minimum atomic E-state index is -1.04. The summed E-state index contributed by atoms with van der Waals surface area (Å²) in [7, 11) is 0. The first kappa shape index (κ1) is 16.5. The molecule has 0 aliphatic carbocycles. The molecule has 110 valence electrons. The second kappa shape index (κ2) is 7.28. The lowest BCUT2D eigenvalue weighted by Crippen LogP contribution is -2.41. The van der Waals surface area contributed by atoms with Crippen molar-refractivity contribution < 1.29 is 14.7 Å². The van der Waals surface area contributed by atoms with Gasteiger partial charge in [0.05, 0.1) is 5.56 Å². The van der Waals surface area contributed by atoms with E-state index < -0.39 is 5.97 Å². The first-order valence-corrected chi connectivity index (χ1v) is 7.30. The number of amides is 2. The third-order valence-corrected chi connectivity index (χ3v) is 3.86. The third-order valence-electron chi connectivity index (χ3n) is 3.17. The Labute approximate surface area is 127 Å². The summed E-state index contributed by atoms with van der Waals surface area (Å²) in [6, 6.07) is 4.63. The van der Waals surface area contributed by atoms with Gasteiger partial charge in [-0.2, -0.15) is 0 Å². The average molecular weight is 343 g/mol. The third kappa shape index (κ3) is 3.96. The van der Waals surface area contributed by atoms with Gasteiger partial charge in [0.2, 0.25) is 0 Å². The number of urea groups is 1. The Morgan fingerprint density at radius 1 is 1.40 bits per heavy atom. The van der Waals surface area contributed by atoms with Gasteiger partial charge >= 0.3 is 12.0 Å². The smallest absolute Gasteiger partial charge is 0.336 e. The van der Waals surface area contributed by atoms with Crippen LogP contribution >= 0.6 is 15.9 Å². The Morgan fingerprint density at radius 2 is 2.05 bits per heavy atom. The van der Waals surface area contributed by atoms with Crippen molar-refractivity contribution in [3.8, 4) is 0 Å². The van der Waals surface area contributed by atoms with Gasteiger partial charge in [-0.1, -0.05) is 6.92 Å². The largest absolute Gasteiger partial charge is 0.478 e. The monoisotopic (exact) mass is 342 g/mol. The zero-order valence-corrected chi connectivity index (χ0v) is 13.4. The highest BCUT2D eigenvalue weighted by Crippen LogP contribution is 2.21. The Kier molecular flexibility index (Phi) is 6.01. The van der Waals surface area contributed by atoms with Gasteiger partial charge in [0, 0.05) is 22.7 Å². The van der Waals surface area contributed by atoms with Crippen LogP contribution < -0.4 is 5.32 Å². The molecule has 5 nitrogen and oxygen atoms in total. The van der Waals surface area contributed by atoms with Gasteiger partial charge in [-0.05, 0) is 54.4 Å². The van der Waals surface area contributed by atoms with Crippen LogP contribution in [0, 0.1) is 0 Å². The molecule has 0 fully saturated rings. The number of carboxylic acid groups (broad SMARTS) is 1. The van der Waals surface area contributed by atoms with Gasteiger partial charge in [0.15, 0.2) is 0 Å². The molecule has 0 aromatic heterocycles. The Morgan fingerprint density at radius 3 is 2.55 bits per heavy atom. The summed E-state index contributed by atoms with van der Waals surface area (Å²) in [6.07, 6.45) is 0.863. The van der Waals surface area contributed by atoms with Crippen molar-refractivity contribution in [1.82, 2.24) is 4.90 Å². The molecule has 1 unspecified atom stereocenters. The number of benzene rings is 1. The predicted molar refractivity (Wildman–Crippen MR) is 82.3 cm³/mol. The van der Waals surface area contributed by atoms with E-state index in [0.29, 0.717) is 16.7 Å². The highest BCUT2D eigenvalue weighted by atomic mass is 79.9. The fraction of sp³-hybridized carbons (Fsp3) is 0.429. The molecule has 2 amide bonds. The number of rotatable bonds is 5. The molecular formula is C14H19BrN2O3. The van der Waals surface area contributed by atoms with Crippen LogP contribution in [0.1, 0.15) is 37.6 Å². The SMILES string of the molecule is CCC(C)N(CC)C(=O)Nc1ccc(Br)c(C(=O)O)c1. The Bertz CT molecular complexity index is 505. The summed E-state index contributed by atoms with van der Waals surface area (Å²) in [5, 5.41) is 11.8. The van der Waals surface area contributed by atoms with Crippen LogP contribution in [0.3, 0.4) is 0 Å². The van der Waals surface area contributed by atoms with Gasteiger partial charge < -0.3 is 15.3 Å². The fourth-order valence-electron chi connectivity index (χ4n) is 1.84. The van der Waals surface area contributed by atoms with Gasteiger partial charge in [-0.3, -0.25) is 0 Å². The number of carbonyl (C=O) groups excluding carboxylic acids is 1. The van der Waals surface area contributed by atoms with E-state index in [0.717, 1.165) is 6.42 Å². The quantitative estimate of drug-likeness (QED) is 0.854. The molecule has 2 N–H and O–H groups in total. The second-order valence-electron chi connectivity index (χ2n) is 4.47. The molecule has 1 atom stereocenters. The number of hydrogen-bond donors (Lipinski definition) is 2. The van der Waals surface area contributed by atoms with Crippen molar-refractivity contribution in [3.05, 3.63) is 28.2 Å². The topological polar surface area (TPSA) is 69.6 Å². The van der Waals surface area contributed by atoms with E-state index in [1.165, 1.54) is 6.07 Å². The van der Waals surface area contributed by atoms with Crippen molar-refractivity contribution in [2.24, 2.45) is 0 Å². The average Bonchev–Trinajstić information content (AvgIpc) is 2.41. The van der Waals surface area contributed by atoms with Crippen molar-refractivity contribution in [3.63, 3.8) is 0 Å². The minimum Gasteiger partial charge on any atom is -0.478 e. The predicted octanol–water partition coefficient (Wildman–Crippen LogP) is 3.80. The lowest BCUT2D eigenvalue weighted by atomic mass is 10.2. The standard InChI is InChI=1S/C14H19BrN2O3/c1-4-9(3)17(5-2)14(20)16-10-6-7-12(15)11(8-10)13(18)19/h6-9H,4-5H2,1-3H3,(H,16,20)(H,18,19). The zero-order valence-electron chi connectivity index (χ0n) is 11.8. The van der Waals surface area contributed by atoms with Gasteiger partial charge in [-0.25, -0.2) is 9.59 Å². The van der Waals surface area contributed by atoms with E-state index in [1.54, 1.807) is 17.0 Å². The molecule has 1 aromatic rings. The number of aromatic carboxylic acids is 1. The highest BCUT2D eigenvalue weighted by molar-refractivity contribution is 9.10. The van der Waals surface area contributed by atoms with E-state index in [-0.39, 0.29) is 17.6 Å². The lowest BCUT2D eigenvalue weighted by molar-refractivity contribution is 0.0696. The summed E-state index contributed by atoms with van der Waals surface area (Å²) in [6.45, 7) is 6.51. The molecule has 0 spiro atoms. The molecule has 0 radical (unpaired) electrons. The van der Waals surface area contributed by atoms with Gasteiger partial charge in [0.25, 0.3) is 0 Å². The van der Waals surface area contributed by atoms with E-state index in [9.17, 15) is 9.59 Å². The molecule has 0 saturated heterocycles. The van der Waals surface area contributed by atoms with Crippen molar-refractivity contribution >= 4 is 33.6 Å². The van der Waals surface area contributed by atoms with E-state index in [4.69, 9.17) is 5.11 Å². The molecule has 0 bridgehead atoms. The number of carbonyl (C=O) groups is 2. The van der Waals surface area contributed by atoms with Crippen molar-refractivity contribution in [2.75, 3.05) is 11.9 Å². The van der Waals surface area contributed by atoms with Crippen LogP contribution in [0.5, 0.6) is 0 Å². The maximum Gasteiger partial charge on any atom is 0.336 e. The van der Waals surface area contributed by atoms with Crippen molar-refractivity contribution in [2.45, 2.75) is 33.2 Å². The number of anilines is 1. The number of carboxylic acids is 1.